The van der Waals surface area contributed by atoms with E-state index in [0.29, 0.717) is 48.2 Å². The second kappa shape index (κ2) is 9.50. The minimum atomic E-state index is -1.13. The number of benzene rings is 2. The maximum absolute atomic E-state index is 13.3. The van der Waals surface area contributed by atoms with Crippen molar-refractivity contribution >= 4 is 35.0 Å². The number of hydrogen-bond acceptors (Lipinski definition) is 6. The van der Waals surface area contributed by atoms with Gasteiger partial charge in [-0.3, -0.25) is 19.4 Å². The monoisotopic (exact) mass is 500 g/mol. The van der Waals surface area contributed by atoms with Crippen molar-refractivity contribution < 1.29 is 14.0 Å². The molecule has 1 fully saturated rings. The molecule has 188 valence electrons. The van der Waals surface area contributed by atoms with Gasteiger partial charge in [0.15, 0.2) is 5.82 Å². The van der Waals surface area contributed by atoms with E-state index >= 15 is 0 Å². The highest BCUT2D eigenvalue weighted by Crippen LogP contribution is 2.46. The number of nitrogens with zero attached hydrogens (tertiary/aromatic N) is 5. The number of nitrogens with one attached hydrogen (secondary N) is 2. The standard InChI is InChI=1S/C27H26FN7O2/c1-17(2)35-22-16-31-26(33-23(22)34-14-4-13-27(34,29-3)25(35)37)30-15-18-5-11-21(12-6-18)32-24(36)19-7-9-20(28)10-8-19/h3,5-12,16-17H,4,13-15H2,1-2H3,(H-,30,31,32,33,36)/p+1/t27-/m1/s1. The minimum Gasteiger partial charge on any atom is -0.350 e. The lowest BCUT2D eigenvalue weighted by atomic mass is 10.0. The normalized spacial score (nSPS) is 18.3. The van der Waals surface area contributed by atoms with Gasteiger partial charge >= 0.3 is 11.6 Å². The molecule has 1 atom stereocenters. The van der Waals surface area contributed by atoms with Crippen LogP contribution >= 0.6 is 0 Å². The van der Waals surface area contributed by atoms with Crippen molar-refractivity contribution in [2.45, 2.75) is 44.9 Å². The summed E-state index contributed by atoms with van der Waals surface area (Å²) in [6, 6.07) is 12.6. The van der Waals surface area contributed by atoms with Crippen LogP contribution in [0.15, 0.2) is 54.7 Å². The Morgan fingerprint density at radius 2 is 1.92 bits per heavy atom. The molecule has 9 nitrogen and oxygen atoms in total. The van der Waals surface area contributed by atoms with Crippen LogP contribution in [0, 0.1) is 12.4 Å². The van der Waals surface area contributed by atoms with E-state index in [0.717, 1.165) is 12.0 Å². The van der Waals surface area contributed by atoms with Gasteiger partial charge in [-0.2, -0.15) is 4.98 Å². The zero-order valence-corrected chi connectivity index (χ0v) is 20.6. The van der Waals surface area contributed by atoms with Gasteiger partial charge in [0.2, 0.25) is 5.95 Å². The number of fused-ring (bicyclic) bond motifs is 3. The fourth-order valence-corrected chi connectivity index (χ4v) is 4.82. The van der Waals surface area contributed by atoms with E-state index in [2.05, 4.69) is 20.5 Å². The average Bonchev–Trinajstić information content (AvgIpc) is 3.35. The summed E-state index contributed by atoms with van der Waals surface area (Å²) in [5.74, 6) is 0.200. The Labute approximate surface area is 214 Å². The largest absolute Gasteiger partial charge is 0.435 e. The van der Waals surface area contributed by atoms with Crippen LogP contribution in [-0.2, 0) is 11.3 Å². The Kier molecular flexibility index (Phi) is 6.21. The first-order chi connectivity index (χ1) is 17.8. The van der Waals surface area contributed by atoms with Crippen LogP contribution in [0.5, 0.6) is 0 Å². The van der Waals surface area contributed by atoms with Gasteiger partial charge in [-0.25, -0.2) is 9.37 Å². The summed E-state index contributed by atoms with van der Waals surface area (Å²) in [4.78, 5) is 42.5. The molecule has 37 heavy (non-hydrogen) atoms. The third kappa shape index (κ3) is 4.33. The molecule has 0 aliphatic carbocycles. The molecule has 0 bridgehead atoms. The maximum atomic E-state index is 13.3. The van der Waals surface area contributed by atoms with Crippen molar-refractivity contribution in [1.82, 2.24) is 9.97 Å². The van der Waals surface area contributed by atoms with E-state index in [1.807, 2.05) is 30.9 Å². The molecule has 2 amide bonds. The summed E-state index contributed by atoms with van der Waals surface area (Å²) < 4.78 is 13.1. The van der Waals surface area contributed by atoms with Gasteiger partial charge < -0.3 is 10.6 Å². The summed E-state index contributed by atoms with van der Waals surface area (Å²) in [6.45, 7) is 10.7. The Hall–Kier alpha value is -4.52. The lowest BCUT2D eigenvalue weighted by Gasteiger charge is -2.39. The smallest absolute Gasteiger partial charge is 0.350 e. The van der Waals surface area contributed by atoms with Gasteiger partial charge in [0.25, 0.3) is 12.5 Å². The average molecular weight is 501 g/mol. The summed E-state index contributed by atoms with van der Waals surface area (Å²) in [5, 5.41) is 6.03. The molecule has 0 radical (unpaired) electrons. The van der Waals surface area contributed by atoms with Crippen molar-refractivity contribution in [3.8, 4) is 6.57 Å². The number of aromatic nitrogens is 2. The van der Waals surface area contributed by atoms with Crippen LogP contribution < -0.4 is 20.4 Å². The van der Waals surface area contributed by atoms with Gasteiger partial charge in [0.05, 0.1) is 12.6 Å². The van der Waals surface area contributed by atoms with E-state index in [-0.39, 0.29) is 17.9 Å². The van der Waals surface area contributed by atoms with Gasteiger partial charge in [0, 0.05) is 30.4 Å². The molecule has 3 heterocycles. The van der Waals surface area contributed by atoms with Crippen molar-refractivity contribution in [1.29, 1.82) is 0 Å². The zero-order valence-electron chi connectivity index (χ0n) is 20.6. The molecule has 2 aliphatic heterocycles. The third-order valence-corrected chi connectivity index (χ3v) is 6.68. The van der Waals surface area contributed by atoms with Crippen molar-refractivity contribution in [3.05, 3.63) is 76.5 Å². The number of hydrogen-bond donors (Lipinski definition) is 2. The molecule has 10 heteroatoms. The number of carbonyl (C=O) groups excluding carboxylic acids is 2. The quantitative estimate of drug-likeness (QED) is 0.518. The molecule has 2 aliphatic rings. The van der Waals surface area contributed by atoms with Crippen molar-refractivity contribution in [2.24, 2.45) is 0 Å². The highest BCUT2D eigenvalue weighted by molar-refractivity contribution is 6.09. The molecule has 2 aromatic carbocycles. The molecule has 0 unspecified atom stereocenters. The number of halogens is 1. The van der Waals surface area contributed by atoms with Crippen LogP contribution in [0.1, 0.15) is 42.6 Å². The molecular weight excluding hydrogens is 473 g/mol. The molecule has 0 saturated carbocycles. The number of anilines is 4. The third-order valence-electron chi connectivity index (χ3n) is 6.68. The van der Waals surface area contributed by atoms with Gasteiger partial charge in [-0.1, -0.05) is 12.1 Å². The van der Waals surface area contributed by atoms with E-state index in [1.165, 1.54) is 24.3 Å². The van der Waals surface area contributed by atoms with E-state index in [1.54, 1.807) is 23.2 Å². The molecule has 5 rings (SSSR count). The van der Waals surface area contributed by atoms with Crippen molar-refractivity contribution in [3.63, 3.8) is 0 Å². The summed E-state index contributed by atoms with van der Waals surface area (Å²) in [5.41, 5.74) is 1.47. The SMILES string of the molecule is C#[N+][C@]12CCCN1c1nc(NCc3ccc(NC(=O)c4ccc(F)cc4)cc3)ncc1N(C(C)C)C2=O. The molecule has 1 aromatic heterocycles. The zero-order chi connectivity index (χ0) is 26.2. The second-order valence-electron chi connectivity index (χ2n) is 9.38. The van der Waals surface area contributed by atoms with E-state index in [4.69, 9.17) is 11.6 Å². The van der Waals surface area contributed by atoms with Crippen LogP contribution in [0.4, 0.5) is 27.5 Å². The summed E-state index contributed by atoms with van der Waals surface area (Å²) in [7, 11) is 0. The second-order valence-corrected chi connectivity index (χ2v) is 9.38. The fraction of sp³-hybridized carbons (Fsp3) is 0.296. The van der Waals surface area contributed by atoms with Crippen LogP contribution in [0.3, 0.4) is 0 Å². The Balaban J connectivity index is 1.29. The molecule has 2 N–H and O–H groups in total. The number of carbonyl (C=O) groups is 2. The Morgan fingerprint density at radius 3 is 2.59 bits per heavy atom. The maximum Gasteiger partial charge on any atom is 0.435 e. The molecule has 1 saturated heterocycles. The lowest BCUT2D eigenvalue weighted by Crippen LogP contribution is -2.60. The van der Waals surface area contributed by atoms with Gasteiger partial charge in [0.1, 0.15) is 11.5 Å². The summed E-state index contributed by atoms with van der Waals surface area (Å²) >= 11 is 0. The first kappa shape index (κ1) is 24.2. The first-order valence-corrected chi connectivity index (χ1v) is 12.1. The highest BCUT2D eigenvalue weighted by atomic mass is 19.1. The van der Waals surface area contributed by atoms with Crippen LogP contribution in [0.2, 0.25) is 0 Å². The van der Waals surface area contributed by atoms with Gasteiger partial charge in [-0.05, 0) is 67.1 Å². The summed E-state index contributed by atoms with van der Waals surface area (Å²) in [6.07, 6.45) is 2.99. The molecule has 0 spiro atoms. The Bertz CT molecular complexity index is 1390. The van der Waals surface area contributed by atoms with Gasteiger partial charge in [-0.15, -0.1) is 0 Å². The predicted octanol–water partition coefficient (Wildman–Crippen LogP) is 4.49. The number of rotatable bonds is 6. The topological polar surface area (TPSA) is 94.8 Å². The van der Waals surface area contributed by atoms with Crippen molar-refractivity contribution in [2.75, 3.05) is 27.0 Å². The lowest BCUT2D eigenvalue weighted by molar-refractivity contribution is -0.122. The fourth-order valence-electron chi connectivity index (χ4n) is 4.82. The first-order valence-electron chi connectivity index (χ1n) is 12.1. The van der Waals surface area contributed by atoms with E-state index < -0.39 is 11.5 Å². The van der Waals surface area contributed by atoms with E-state index in [9.17, 15) is 14.0 Å². The minimum absolute atomic E-state index is 0.0999. The number of amides is 2. The predicted molar refractivity (Wildman–Crippen MR) is 140 cm³/mol. The molecular formula is C27H27FN7O2+. The van der Waals surface area contributed by atoms with Crippen LogP contribution in [0.25, 0.3) is 4.85 Å². The highest BCUT2D eigenvalue weighted by Gasteiger charge is 2.64. The Morgan fingerprint density at radius 1 is 1.19 bits per heavy atom. The van der Waals surface area contributed by atoms with Crippen LogP contribution in [-0.4, -0.2) is 40.0 Å². The molecule has 3 aromatic rings.